The number of carbonyl (C=O) groups is 1. The van der Waals surface area contributed by atoms with Crippen molar-refractivity contribution in [3.63, 3.8) is 0 Å². The summed E-state index contributed by atoms with van der Waals surface area (Å²) in [6, 6.07) is 4.14. The van der Waals surface area contributed by atoms with E-state index in [9.17, 15) is 4.79 Å². The lowest BCUT2D eigenvalue weighted by Gasteiger charge is -2.30. The summed E-state index contributed by atoms with van der Waals surface area (Å²) in [6.07, 6.45) is 8.31. The van der Waals surface area contributed by atoms with Crippen LogP contribution in [-0.2, 0) is 16.1 Å². The number of carbonyl (C=O) groups excluding carboxylic acids is 1. The maximum absolute atomic E-state index is 13.3. The molecule has 4 rings (SSSR count). The van der Waals surface area contributed by atoms with E-state index in [1.807, 2.05) is 12.3 Å². The lowest BCUT2D eigenvalue weighted by molar-refractivity contribution is -0.137. The number of hydrogen-bond acceptors (Lipinski definition) is 4. The van der Waals surface area contributed by atoms with Gasteiger partial charge in [-0.1, -0.05) is 6.07 Å². The molecule has 0 unspecified atom stereocenters. The Hall–Kier alpha value is -1.46. The van der Waals surface area contributed by atoms with Gasteiger partial charge in [-0.2, -0.15) is 0 Å². The topological polar surface area (TPSA) is 45.7 Å². The van der Waals surface area contributed by atoms with Crippen LogP contribution in [0.4, 0.5) is 0 Å². The van der Waals surface area contributed by atoms with Gasteiger partial charge in [0.25, 0.3) is 0 Å². The average Bonchev–Trinajstić information content (AvgIpc) is 2.86. The average molecular weight is 372 g/mol. The number of aromatic nitrogens is 1. The number of rotatable bonds is 4. The molecule has 0 N–H and O–H groups in total. The number of aryl methyl sites for hydroxylation is 1. The summed E-state index contributed by atoms with van der Waals surface area (Å²) in [4.78, 5) is 22.5. The predicted molar refractivity (Wildman–Crippen MR) is 105 cm³/mol. The van der Waals surface area contributed by atoms with Gasteiger partial charge in [-0.15, -0.1) is 0 Å². The summed E-state index contributed by atoms with van der Waals surface area (Å²) in [6.45, 7) is 8.74. The standard InChI is InChI=1S/C22H33N3O2/c1-18-4-2-10-23-20(18)17-24-11-3-7-22(8-12-24)9-13-25(21(22)26)16-19-5-14-27-15-6-19/h2,4,10,19H,3,5-9,11-17H2,1H3/t22-/m0/s1. The highest BCUT2D eigenvalue weighted by atomic mass is 16.5. The van der Waals surface area contributed by atoms with Crippen molar-refractivity contribution in [2.45, 2.75) is 52.0 Å². The fraction of sp³-hybridized carbons (Fsp3) is 0.727. The van der Waals surface area contributed by atoms with Crippen molar-refractivity contribution in [3.8, 4) is 0 Å². The smallest absolute Gasteiger partial charge is 0.228 e. The normalized spacial score (nSPS) is 28.0. The lowest BCUT2D eigenvalue weighted by atomic mass is 9.79. The van der Waals surface area contributed by atoms with Crippen molar-refractivity contribution >= 4 is 5.91 Å². The molecule has 0 aliphatic carbocycles. The molecule has 0 aromatic carbocycles. The van der Waals surface area contributed by atoms with Gasteiger partial charge in [0.05, 0.1) is 11.1 Å². The summed E-state index contributed by atoms with van der Waals surface area (Å²) in [5.74, 6) is 1.07. The van der Waals surface area contributed by atoms with Crippen LogP contribution in [-0.4, -0.2) is 60.1 Å². The zero-order valence-corrected chi connectivity index (χ0v) is 16.7. The Morgan fingerprint density at radius 3 is 2.81 bits per heavy atom. The van der Waals surface area contributed by atoms with Crippen molar-refractivity contribution in [2.75, 3.05) is 39.4 Å². The minimum absolute atomic E-state index is 0.0981. The van der Waals surface area contributed by atoms with Gasteiger partial charge in [-0.3, -0.25) is 14.7 Å². The highest BCUT2D eigenvalue weighted by Gasteiger charge is 2.47. The molecule has 3 aliphatic rings. The van der Waals surface area contributed by atoms with Crippen molar-refractivity contribution in [1.82, 2.24) is 14.8 Å². The van der Waals surface area contributed by atoms with Crippen LogP contribution < -0.4 is 0 Å². The van der Waals surface area contributed by atoms with E-state index in [0.717, 1.165) is 84.5 Å². The Kier molecular flexibility index (Phi) is 5.79. The molecule has 0 radical (unpaired) electrons. The van der Waals surface area contributed by atoms with E-state index in [4.69, 9.17) is 4.74 Å². The molecule has 5 nitrogen and oxygen atoms in total. The number of ether oxygens (including phenoxy) is 1. The monoisotopic (exact) mass is 371 g/mol. The molecule has 1 amide bonds. The minimum atomic E-state index is -0.0981. The summed E-state index contributed by atoms with van der Waals surface area (Å²) < 4.78 is 5.47. The zero-order valence-electron chi connectivity index (χ0n) is 16.7. The number of hydrogen-bond donors (Lipinski definition) is 0. The largest absolute Gasteiger partial charge is 0.381 e. The molecule has 1 atom stereocenters. The van der Waals surface area contributed by atoms with Crippen LogP contribution in [0.2, 0.25) is 0 Å². The molecule has 148 valence electrons. The van der Waals surface area contributed by atoms with Gasteiger partial charge in [-0.25, -0.2) is 0 Å². The molecule has 0 saturated carbocycles. The quantitative estimate of drug-likeness (QED) is 0.816. The molecular formula is C22H33N3O2. The molecule has 5 heteroatoms. The van der Waals surface area contributed by atoms with Gasteiger partial charge in [0.1, 0.15) is 0 Å². The molecule has 3 saturated heterocycles. The van der Waals surface area contributed by atoms with Crippen LogP contribution in [0.3, 0.4) is 0 Å². The van der Waals surface area contributed by atoms with Gasteiger partial charge in [0.2, 0.25) is 5.91 Å². The van der Waals surface area contributed by atoms with E-state index >= 15 is 0 Å². The summed E-state index contributed by atoms with van der Waals surface area (Å²) >= 11 is 0. The molecule has 1 aromatic heterocycles. The van der Waals surface area contributed by atoms with Crippen molar-refractivity contribution in [3.05, 3.63) is 29.6 Å². The SMILES string of the molecule is Cc1cccnc1CN1CCC[C@]2(CC1)CCN(CC1CCOCC1)C2=O. The Labute approximate surface area is 163 Å². The summed E-state index contributed by atoms with van der Waals surface area (Å²) in [5, 5.41) is 0. The fourth-order valence-corrected chi connectivity index (χ4v) is 5.08. The Morgan fingerprint density at radius 1 is 1.19 bits per heavy atom. The second-order valence-corrected chi connectivity index (χ2v) is 8.73. The van der Waals surface area contributed by atoms with Crippen LogP contribution in [0, 0.1) is 18.3 Å². The maximum Gasteiger partial charge on any atom is 0.228 e. The van der Waals surface area contributed by atoms with E-state index in [1.54, 1.807) is 0 Å². The second kappa shape index (κ2) is 8.27. The number of amides is 1. The number of nitrogens with zero attached hydrogens (tertiary/aromatic N) is 3. The van der Waals surface area contributed by atoms with E-state index < -0.39 is 0 Å². The first-order chi connectivity index (χ1) is 13.2. The zero-order chi connectivity index (χ0) is 18.7. The third kappa shape index (κ3) is 4.19. The molecule has 27 heavy (non-hydrogen) atoms. The molecule has 3 fully saturated rings. The van der Waals surface area contributed by atoms with E-state index in [-0.39, 0.29) is 5.41 Å². The lowest BCUT2D eigenvalue weighted by Crippen LogP contribution is -2.39. The summed E-state index contributed by atoms with van der Waals surface area (Å²) in [7, 11) is 0. The first-order valence-corrected chi connectivity index (χ1v) is 10.7. The van der Waals surface area contributed by atoms with E-state index in [1.165, 1.54) is 11.3 Å². The predicted octanol–water partition coefficient (Wildman–Crippen LogP) is 3.02. The molecular weight excluding hydrogens is 338 g/mol. The summed E-state index contributed by atoms with van der Waals surface area (Å²) in [5.41, 5.74) is 2.34. The van der Waals surface area contributed by atoms with Crippen LogP contribution in [0.25, 0.3) is 0 Å². The Balaban J connectivity index is 1.35. The number of likely N-dealkylation sites (tertiary alicyclic amines) is 2. The third-order valence-corrected chi connectivity index (χ3v) is 6.95. The molecule has 1 spiro atoms. The minimum Gasteiger partial charge on any atom is -0.381 e. The van der Waals surface area contributed by atoms with E-state index in [0.29, 0.717) is 11.8 Å². The van der Waals surface area contributed by atoms with Crippen LogP contribution >= 0.6 is 0 Å². The van der Waals surface area contributed by atoms with Crippen LogP contribution in [0.5, 0.6) is 0 Å². The first kappa shape index (κ1) is 18.9. The van der Waals surface area contributed by atoms with Gasteiger partial charge in [0, 0.05) is 39.0 Å². The highest BCUT2D eigenvalue weighted by Crippen LogP contribution is 2.42. The fourth-order valence-electron chi connectivity index (χ4n) is 5.08. The number of pyridine rings is 1. The molecule has 4 heterocycles. The van der Waals surface area contributed by atoms with Crippen molar-refractivity contribution in [2.24, 2.45) is 11.3 Å². The second-order valence-electron chi connectivity index (χ2n) is 8.73. The first-order valence-electron chi connectivity index (χ1n) is 10.7. The van der Waals surface area contributed by atoms with Crippen LogP contribution in [0.15, 0.2) is 18.3 Å². The highest BCUT2D eigenvalue weighted by molar-refractivity contribution is 5.84. The maximum atomic E-state index is 13.3. The Bertz CT molecular complexity index is 659. The third-order valence-electron chi connectivity index (χ3n) is 6.95. The van der Waals surface area contributed by atoms with Gasteiger partial charge in [0.15, 0.2) is 0 Å². The van der Waals surface area contributed by atoms with Crippen molar-refractivity contribution in [1.29, 1.82) is 0 Å². The molecule has 1 aromatic rings. The molecule has 0 bridgehead atoms. The van der Waals surface area contributed by atoms with Crippen LogP contribution in [0.1, 0.15) is 49.8 Å². The van der Waals surface area contributed by atoms with E-state index in [2.05, 4.69) is 27.8 Å². The van der Waals surface area contributed by atoms with Gasteiger partial charge in [-0.05, 0) is 76.1 Å². The van der Waals surface area contributed by atoms with Crippen molar-refractivity contribution < 1.29 is 9.53 Å². The van der Waals surface area contributed by atoms with Gasteiger partial charge < -0.3 is 9.64 Å². The Morgan fingerprint density at radius 2 is 2.00 bits per heavy atom. The molecule has 3 aliphatic heterocycles. The van der Waals surface area contributed by atoms with Gasteiger partial charge >= 0.3 is 0 Å².